The van der Waals surface area contributed by atoms with Crippen LogP contribution in [0.2, 0.25) is 0 Å². The van der Waals surface area contributed by atoms with Crippen molar-refractivity contribution in [2.75, 3.05) is 6.54 Å². The quantitative estimate of drug-likeness (QED) is 0.708. The van der Waals surface area contributed by atoms with Gasteiger partial charge in [-0.2, -0.15) is 0 Å². The Morgan fingerprint density at radius 2 is 1.96 bits per heavy atom. The molecule has 4 heterocycles. The molecule has 5 heteroatoms. The molecule has 3 aromatic heterocycles. The van der Waals surface area contributed by atoms with Crippen LogP contribution in [0.15, 0.2) is 55.0 Å². The Morgan fingerprint density at radius 3 is 2.70 bits per heavy atom. The van der Waals surface area contributed by atoms with E-state index in [4.69, 9.17) is 0 Å². The van der Waals surface area contributed by atoms with E-state index in [0.29, 0.717) is 6.54 Å². The summed E-state index contributed by atoms with van der Waals surface area (Å²) in [7, 11) is 0. The first-order valence-corrected chi connectivity index (χ1v) is 9.42. The van der Waals surface area contributed by atoms with Gasteiger partial charge in [0.05, 0.1) is 23.8 Å². The summed E-state index contributed by atoms with van der Waals surface area (Å²) in [4.78, 5) is 23.9. The van der Waals surface area contributed by atoms with E-state index in [1.807, 2.05) is 48.2 Å². The monoisotopic (exact) mass is 360 g/mol. The normalized spacial score (nSPS) is 16.7. The fraction of sp³-hybridized carbons (Fsp3) is 0.318. The minimum Gasteiger partial charge on any atom is -0.342 e. The van der Waals surface area contributed by atoms with Crippen LogP contribution in [0.5, 0.6) is 0 Å². The molecule has 27 heavy (non-hydrogen) atoms. The van der Waals surface area contributed by atoms with Crippen molar-refractivity contribution in [3.8, 4) is 0 Å². The highest BCUT2D eigenvalue weighted by atomic mass is 16.2. The molecule has 0 N–H and O–H groups in total. The van der Waals surface area contributed by atoms with Crippen molar-refractivity contribution >= 4 is 5.91 Å². The minimum atomic E-state index is 0.120. The first-order valence-electron chi connectivity index (χ1n) is 9.42. The molecule has 1 aliphatic rings. The van der Waals surface area contributed by atoms with E-state index in [2.05, 4.69) is 21.5 Å². The fourth-order valence-corrected chi connectivity index (χ4v) is 4.01. The number of aromatic nitrogens is 3. The number of pyridine rings is 2. The number of hydrogen-bond acceptors (Lipinski definition) is 3. The van der Waals surface area contributed by atoms with Crippen molar-refractivity contribution in [2.24, 2.45) is 0 Å². The first kappa shape index (κ1) is 17.5. The molecule has 0 spiro atoms. The summed E-state index contributed by atoms with van der Waals surface area (Å²) in [6.45, 7) is 5.56. The number of aryl methyl sites for hydroxylation is 1. The average molecular weight is 360 g/mol. The van der Waals surface area contributed by atoms with Crippen LogP contribution in [0, 0.1) is 13.8 Å². The molecule has 1 amide bonds. The maximum absolute atomic E-state index is 13.4. The molecule has 4 rings (SSSR count). The van der Waals surface area contributed by atoms with Crippen molar-refractivity contribution in [1.29, 1.82) is 0 Å². The second-order valence-electron chi connectivity index (χ2n) is 7.13. The summed E-state index contributed by atoms with van der Waals surface area (Å²) in [5, 5.41) is 0. The van der Waals surface area contributed by atoms with Crippen LogP contribution in [0.1, 0.15) is 51.9 Å². The number of carbonyl (C=O) groups excluding carboxylic acids is 1. The molecule has 1 fully saturated rings. The molecule has 1 atom stereocenters. The van der Waals surface area contributed by atoms with Crippen LogP contribution < -0.4 is 0 Å². The standard InChI is InChI=1S/C22H24N4O/c1-16-14-20(17(2)26(16)15-19-6-3-4-10-24-19)22(27)25-13-5-7-21(25)18-8-11-23-12-9-18/h3-4,6,8-12,14,21H,5,7,13,15H2,1-2H3. The molecule has 5 nitrogen and oxygen atoms in total. The van der Waals surface area contributed by atoms with Crippen LogP contribution in [0.4, 0.5) is 0 Å². The number of likely N-dealkylation sites (tertiary alicyclic amines) is 1. The lowest BCUT2D eigenvalue weighted by atomic mass is 10.1. The van der Waals surface area contributed by atoms with Gasteiger partial charge in [0, 0.05) is 36.5 Å². The summed E-state index contributed by atoms with van der Waals surface area (Å²) in [6.07, 6.45) is 7.44. The molecule has 1 aliphatic heterocycles. The predicted molar refractivity (Wildman–Crippen MR) is 104 cm³/mol. The molecule has 1 saturated heterocycles. The number of hydrogen-bond donors (Lipinski definition) is 0. The van der Waals surface area contributed by atoms with Gasteiger partial charge in [-0.15, -0.1) is 0 Å². The van der Waals surface area contributed by atoms with Crippen LogP contribution >= 0.6 is 0 Å². The Morgan fingerprint density at radius 1 is 1.15 bits per heavy atom. The van der Waals surface area contributed by atoms with Crippen molar-refractivity contribution in [1.82, 2.24) is 19.4 Å². The molecule has 0 bridgehead atoms. The zero-order chi connectivity index (χ0) is 18.8. The SMILES string of the molecule is Cc1cc(C(=O)N2CCCC2c2ccncc2)c(C)n1Cc1ccccn1. The van der Waals surface area contributed by atoms with Gasteiger partial charge in [0.15, 0.2) is 0 Å². The lowest BCUT2D eigenvalue weighted by Gasteiger charge is -2.25. The Labute approximate surface area is 159 Å². The maximum atomic E-state index is 13.4. The van der Waals surface area contributed by atoms with Crippen molar-refractivity contribution in [2.45, 2.75) is 39.3 Å². The molecule has 0 aliphatic carbocycles. The van der Waals surface area contributed by atoms with Gasteiger partial charge < -0.3 is 9.47 Å². The molecular formula is C22H24N4O. The van der Waals surface area contributed by atoms with Gasteiger partial charge in [0.25, 0.3) is 5.91 Å². The Balaban J connectivity index is 1.61. The van der Waals surface area contributed by atoms with E-state index >= 15 is 0 Å². The van der Waals surface area contributed by atoms with E-state index in [9.17, 15) is 4.79 Å². The highest BCUT2D eigenvalue weighted by Gasteiger charge is 2.32. The molecule has 0 saturated carbocycles. The lowest BCUT2D eigenvalue weighted by Crippen LogP contribution is -2.31. The van der Waals surface area contributed by atoms with Gasteiger partial charge in [-0.25, -0.2) is 0 Å². The van der Waals surface area contributed by atoms with Gasteiger partial charge in [-0.05, 0) is 62.6 Å². The molecule has 0 aromatic carbocycles. The van der Waals surface area contributed by atoms with Crippen LogP contribution in [0.25, 0.3) is 0 Å². The summed E-state index contributed by atoms with van der Waals surface area (Å²) in [5.41, 5.74) is 5.04. The zero-order valence-corrected chi connectivity index (χ0v) is 15.8. The third-order valence-electron chi connectivity index (χ3n) is 5.45. The molecule has 138 valence electrons. The summed E-state index contributed by atoms with van der Waals surface area (Å²) < 4.78 is 2.17. The number of carbonyl (C=O) groups is 1. The number of rotatable bonds is 4. The van der Waals surface area contributed by atoms with E-state index in [-0.39, 0.29) is 11.9 Å². The second kappa shape index (κ2) is 7.35. The van der Waals surface area contributed by atoms with Gasteiger partial charge in [0.2, 0.25) is 0 Å². The summed E-state index contributed by atoms with van der Waals surface area (Å²) in [6, 6.07) is 12.1. The molecule has 1 unspecified atom stereocenters. The molecule has 0 radical (unpaired) electrons. The Kier molecular flexibility index (Phi) is 4.75. The van der Waals surface area contributed by atoms with Gasteiger partial charge in [-0.1, -0.05) is 6.07 Å². The highest BCUT2D eigenvalue weighted by molar-refractivity contribution is 5.96. The minimum absolute atomic E-state index is 0.120. The van der Waals surface area contributed by atoms with E-state index < -0.39 is 0 Å². The fourth-order valence-electron chi connectivity index (χ4n) is 4.01. The summed E-state index contributed by atoms with van der Waals surface area (Å²) in [5.74, 6) is 0.120. The van der Waals surface area contributed by atoms with Crippen molar-refractivity contribution in [3.63, 3.8) is 0 Å². The topological polar surface area (TPSA) is 51.0 Å². The maximum Gasteiger partial charge on any atom is 0.256 e. The van der Waals surface area contributed by atoms with Gasteiger partial charge in [0.1, 0.15) is 0 Å². The van der Waals surface area contributed by atoms with E-state index in [1.54, 1.807) is 18.6 Å². The third kappa shape index (κ3) is 3.37. The predicted octanol–water partition coefficient (Wildman–Crippen LogP) is 3.92. The largest absolute Gasteiger partial charge is 0.342 e. The highest BCUT2D eigenvalue weighted by Crippen LogP contribution is 2.33. The summed E-state index contributed by atoms with van der Waals surface area (Å²) >= 11 is 0. The number of amides is 1. The van der Waals surface area contributed by atoms with E-state index in [1.165, 1.54) is 0 Å². The third-order valence-corrected chi connectivity index (χ3v) is 5.45. The van der Waals surface area contributed by atoms with Crippen LogP contribution in [0.3, 0.4) is 0 Å². The number of nitrogens with zero attached hydrogens (tertiary/aromatic N) is 4. The Bertz CT molecular complexity index is 934. The van der Waals surface area contributed by atoms with Crippen LogP contribution in [-0.2, 0) is 6.54 Å². The van der Waals surface area contributed by atoms with Crippen molar-refractivity contribution in [3.05, 3.63) is 83.2 Å². The van der Waals surface area contributed by atoms with E-state index in [0.717, 1.165) is 47.6 Å². The lowest BCUT2D eigenvalue weighted by molar-refractivity contribution is 0.0734. The zero-order valence-electron chi connectivity index (χ0n) is 15.8. The van der Waals surface area contributed by atoms with Gasteiger partial charge >= 0.3 is 0 Å². The smallest absolute Gasteiger partial charge is 0.256 e. The average Bonchev–Trinajstić information content (AvgIpc) is 3.30. The first-order chi connectivity index (χ1) is 13.1. The Hall–Kier alpha value is -2.95. The molecular weight excluding hydrogens is 336 g/mol. The van der Waals surface area contributed by atoms with Crippen LogP contribution in [-0.4, -0.2) is 31.9 Å². The molecule has 3 aromatic rings. The second-order valence-corrected chi connectivity index (χ2v) is 7.13. The van der Waals surface area contributed by atoms with Gasteiger partial charge in [-0.3, -0.25) is 14.8 Å². The van der Waals surface area contributed by atoms with Crippen molar-refractivity contribution < 1.29 is 4.79 Å².